The number of ether oxygens (including phenoxy) is 1. The van der Waals surface area contributed by atoms with Crippen LogP contribution in [0.5, 0.6) is 11.5 Å². The number of nitrogens with one attached hydrogen (secondary N) is 2. The lowest BCUT2D eigenvalue weighted by molar-refractivity contribution is 0.141. The maximum atomic E-state index is 10.5. The Bertz CT molecular complexity index is 1310. The van der Waals surface area contributed by atoms with E-state index in [-0.39, 0.29) is 5.92 Å². The van der Waals surface area contributed by atoms with Crippen molar-refractivity contribution in [1.29, 1.82) is 0 Å². The molecule has 0 aliphatic carbocycles. The van der Waals surface area contributed by atoms with Gasteiger partial charge in [0.15, 0.2) is 0 Å². The molecule has 1 fully saturated rings. The molecule has 2 unspecified atom stereocenters. The van der Waals surface area contributed by atoms with Crippen LogP contribution in [-0.2, 0) is 0 Å². The van der Waals surface area contributed by atoms with E-state index in [1.807, 2.05) is 72.8 Å². The first-order valence-corrected chi connectivity index (χ1v) is 11.5. The second kappa shape index (κ2) is 10.3. The number of piperidine rings is 1. The summed E-state index contributed by atoms with van der Waals surface area (Å²) in [5.74, 6) is 8.57. The molecule has 34 heavy (non-hydrogen) atoms. The highest BCUT2D eigenvalue weighted by atomic mass is 16.5. The molecule has 1 aliphatic heterocycles. The molecule has 1 aliphatic rings. The fourth-order valence-electron chi connectivity index (χ4n) is 4.03. The number of para-hydroxylation sites is 1. The van der Waals surface area contributed by atoms with Crippen molar-refractivity contribution in [1.82, 2.24) is 15.3 Å². The van der Waals surface area contributed by atoms with E-state index < -0.39 is 6.10 Å². The van der Waals surface area contributed by atoms with Crippen molar-refractivity contribution in [2.75, 3.05) is 18.4 Å². The van der Waals surface area contributed by atoms with Crippen LogP contribution < -0.4 is 15.4 Å². The van der Waals surface area contributed by atoms with Gasteiger partial charge >= 0.3 is 0 Å². The summed E-state index contributed by atoms with van der Waals surface area (Å²) < 4.78 is 5.87. The summed E-state index contributed by atoms with van der Waals surface area (Å²) in [7, 11) is 0. The van der Waals surface area contributed by atoms with Gasteiger partial charge in [-0.1, -0.05) is 30.0 Å². The predicted molar refractivity (Wildman–Crippen MR) is 134 cm³/mol. The smallest absolute Gasteiger partial charge is 0.141 e. The molecule has 0 saturated carbocycles. The zero-order chi connectivity index (χ0) is 23.2. The third-order valence-corrected chi connectivity index (χ3v) is 5.88. The van der Waals surface area contributed by atoms with Gasteiger partial charge in [-0.2, -0.15) is 0 Å². The van der Waals surface area contributed by atoms with Crippen molar-refractivity contribution in [2.45, 2.75) is 18.9 Å². The molecule has 2 heterocycles. The molecule has 0 radical (unpaired) electrons. The first-order chi connectivity index (χ1) is 16.7. The first-order valence-electron chi connectivity index (χ1n) is 11.5. The van der Waals surface area contributed by atoms with E-state index in [1.54, 1.807) is 6.33 Å². The van der Waals surface area contributed by atoms with Crippen molar-refractivity contribution in [3.8, 4) is 23.3 Å². The number of hydrogen-bond acceptors (Lipinski definition) is 6. The van der Waals surface area contributed by atoms with Crippen LogP contribution >= 0.6 is 0 Å². The summed E-state index contributed by atoms with van der Waals surface area (Å²) in [5.41, 5.74) is 2.53. The topological polar surface area (TPSA) is 79.3 Å². The van der Waals surface area contributed by atoms with Crippen molar-refractivity contribution < 1.29 is 9.84 Å². The zero-order valence-electron chi connectivity index (χ0n) is 18.7. The van der Waals surface area contributed by atoms with E-state index in [0.717, 1.165) is 59.6 Å². The van der Waals surface area contributed by atoms with Gasteiger partial charge in [0.2, 0.25) is 0 Å². The minimum absolute atomic E-state index is 0.177. The van der Waals surface area contributed by atoms with E-state index in [1.165, 1.54) is 0 Å². The van der Waals surface area contributed by atoms with Crippen molar-refractivity contribution in [3.63, 3.8) is 0 Å². The van der Waals surface area contributed by atoms with Gasteiger partial charge < -0.3 is 20.5 Å². The number of anilines is 2. The SMILES string of the molecule is OC(C#Cc1ccc2ncnc(Nc3ccc(Oc4ccccc4)cc3)c2c1)C1CCCNC1. The normalized spacial score (nSPS) is 16.3. The average molecular weight is 451 g/mol. The number of aliphatic hydroxyl groups is 1. The average Bonchev–Trinajstić information content (AvgIpc) is 2.90. The largest absolute Gasteiger partial charge is 0.457 e. The van der Waals surface area contributed by atoms with Crippen LogP contribution in [0.15, 0.2) is 79.1 Å². The van der Waals surface area contributed by atoms with Gasteiger partial charge in [-0.3, -0.25) is 0 Å². The lowest BCUT2D eigenvalue weighted by Gasteiger charge is -2.24. The van der Waals surface area contributed by atoms with Gasteiger partial charge in [0.1, 0.15) is 29.7 Å². The molecule has 6 heteroatoms. The lowest BCUT2D eigenvalue weighted by Crippen LogP contribution is -2.36. The monoisotopic (exact) mass is 450 g/mol. The molecule has 0 bridgehead atoms. The van der Waals surface area contributed by atoms with Crippen LogP contribution in [-0.4, -0.2) is 34.3 Å². The fraction of sp³-hybridized carbons (Fsp3) is 0.214. The standard InChI is InChI=1S/C28H26N4O2/c33-27(21-5-4-16-29-18-21)15-9-20-8-14-26-25(17-20)28(31-19-30-26)32-22-10-12-24(13-11-22)34-23-6-2-1-3-7-23/h1-3,6-8,10-14,17,19,21,27,29,33H,4-5,16,18H2,(H,30,31,32). The zero-order valence-corrected chi connectivity index (χ0v) is 18.7. The molecule has 0 spiro atoms. The predicted octanol–water partition coefficient (Wildman–Crippen LogP) is 4.88. The van der Waals surface area contributed by atoms with E-state index in [9.17, 15) is 5.11 Å². The first kappa shape index (κ1) is 21.9. The molecule has 1 saturated heterocycles. The Morgan fingerprint density at radius 2 is 1.82 bits per heavy atom. The van der Waals surface area contributed by atoms with Gasteiger partial charge in [-0.05, 0) is 74.0 Å². The van der Waals surface area contributed by atoms with Crippen LogP contribution in [0.4, 0.5) is 11.5 Å². The summed E-state index contributed by atoms with van der Waals surface area (Å²) in [6, 6.07) is 23.2. The number of nitrogens with zero attached hydrogens (tertiary/aromatic N) is 2. The van der Waals surface area contributed by atoms with Gasteiger partial charge in [-0.15, -0.1) is 0 Å². The Morgan fingerprint density at radius 1 is 1.00 bits per heavy atom. The highest BCUT2D eigenvalue weighted by molar-refractivity contribution is 5.91. The Labute approximate surface area is 199 Å². The van der Waals surface area contributed by atoms with E-state index >= 15 is 0 Å². The Kier molecular flexibility index (Phi) is 6.66. The van der Waals surface area contributed by atoms with Crippen LogP contribution in [0.25, 0.3) is 10.9 Å². The quantitative estimate of drug-likeness (QED) is 0.376. The van der Waals surface area contributed by atoms with Crippen LogP contribution in [0, 0.1) is 17.8 Å². The molecular formula is C28H26N4O2. The second-order valence-electron chi connectivity index (χ2n) is 8.34. The van der Waals surface area contributed by atoms with Gasteiger partial charge in [0.05, 0.1) is 5.52 Å². The summed E-state index contributed by atoms with van der Waals surface area (Å²) in [4.78, 5) is 8.82. The summed E-state index contributed by atoms with van der Waals surface area (Å²) in [6.45, 7) is 1.82. The third kappa shape index (κ3) is 5.34. The molecule has 6 nitrogen and oxygen atoms in total. The number of fused-ring (bicyclic) bond motifs is 1. The molecule has 170 valence electrons. The molecule has 5 rings (SSSR count). The van der Waals surface area contributed by atoms with Gasteiger partial charge in [0.25, 0.3) is 0 Å². The second-order valence-corrected chi connectivity index (χ2v) is 8.34. The molecule has 1 aromatic heterocycles. The Balaban J connectivity index is 1.33. The van der Waals surface area contributed by atoms with E-state index in [0.29, 0.717) is 5.82 Å². The number of aliphatic hydroxyl groups excluding tert-OH is 1. The van der Waals surface area contributed by atoms with Gasteiger partial charge in [0, 0.05) is 29.1 Å². The minimum Gasteiger partial charge on any atom is -0.457 e. The highest BCUT2D eigenvalue weighted by Gasteiger charge is 2.19. The third-order valence-electron chi connectivity index (χ3n) is 5.88. The maximum Gasteiger partial charge on any atom is 0.141 e. The summed E-state index contributed by atoms with van der Waals surface area (Å²) >= 11 is 0. The maximum absolute atomic E-state index is 10.5. The molecule has 2 atom stereocenters. The van der Waals surface area contributed by atoms with Crippen molar-refractivity contribution in [3.05, 3.63) is 84.7 Å². The number of hydrogen-bond donors (Lipinski definition) is 3. The van der Waals surface area contributed by atoms with E-state index in [4.69, 9.17) is 4.74 Å². The molecule has 3 aromatic carbocycles. The Morgan fingerprint density at radius 3 is 2.62 bits per heavy atom. The van der Waals surface area contributed by atoms with Crippen LogP contribution in [0.3, 0.4) is 0 Å². The Hall–Kier alpha value is -3.92. The van der Waals surface area contributed by atoms with E-state index in [2.05, 4.69) is 32.4 Å². The molecule has 0 amide bonds. The fourth-order valence-corrected chi connectivity index (χ4v) is 4.03. The molecule has 3 N–H and O–H groups in total. The summed E-state index contributed by atoms with van der Waals surface area (Å²) in [5, 5.41) is 18.0. The minimum atomic E-state index is -0.635. The number of aromatic nitrogens is 2. The summed E-state index contributed by atoms with van der Waals surface area (Å²) in [6.07, 6.45) is 2.98. The van der Waals surface area contributed by atoms with Crippen molar-refractivity contribution >= 4 is 22.4 Å². The highest BCUT2D eigenvalue weighted by Crippen LogP contribution is 2.27. The molecule has 4 aromatic rings. The molecular weight excluding hydrogens is 424 g/mol. The number of benzene rings is 3. The van der Waals surface area contributed by atoms with Crippen LogP contribution in [0.2, 0.25) is 0 Å². The van der Waals surface area contributed by atoms with Gasteiger partial charge in [-0.25, -0.2) is 9.97 Å². The number of rotatable bonds is 5. The van der Waals surface area contributed by atoms with Crippen LogP contribution in [0.1, 0.15) is 18.4 Å². The van der Waals surface area contributed by atoms with Crippen molar-refractivity contribution in [2.24, 2.45) is 5.92 Å². The lowest BCUT2D eigenvalue weighted by atomic mass is 9.94.